The van der Waals surface area contributed by atoms with Gasteiger partial charge in [-0.05, 0) is 11.4 Å². The van der Waals surface area contributed by atoms with Crippen LogP contribution < -0.4 is 0 Å². The lowest BCUT2D eigenvalue weighted by Gasteiger charge is -2.14. The van der Waals surface area contributed by atoms with Crippen molar-refractivity contribution in [1.82, 2.24) is 9.88 Å². The molecule has 0 saturated carbocycles. The summed E-state index contributed by atoms with van der Waals surface area (Å²) in [5, 5.41) is 25.7. The maximum absolute atomic E-state index is 12.1. The quantitative estimate of drug-likeness (QED) is 0.886. The van der Waals surface area contributed by atoms with Gasteiger partial charge in [-0.3, -0.25) is 4.79 Å². The van der Waals surface area contributed by atoms with Crippen molar-refractivity contribution in [1.29, 1.82) is 0 Å². The first-order chi connectivity index (χ1) is 9.63. The SMILES string of the molecule is O=C(Cc1csc(-c2ccsc2)n1)N1CC(O)C(O)C1. The summed E-state index contributed by atoms with van der Waals surface area (Å²) >= 11 is 3.13. The number of β-amino-alcohol motifs (C(OH)–C–C–N with tert-alkyl or cyclic N) is 2. The molecule has 0 radical (unpaired) electrons. The molecule has 1 fully saturated rings. The van der Waals surface area contributed by atoms with E-state index >= 15 is 0 Å². The number of aliphatic hydroxyl groups excluding tert-OH is 2. The van der Waals surface area contributed by atoms with Gasteiger partial charge >= 0.3 is 0 Å². The molecular weight excluding hydrogens is 296 g/mol. The van der Waals surface area contributed by atoms with Crippen LogP contribution in [0.3, 0.4) is 0 Å². The van der Waals surface area contributed by atoms with E-state index in [0.29, 0.717) is 0 Å². The number of aliphatic hydroxyl groups is 2. The van der Waals surface area contributed by atoms with Crippen molar-refractivity contribution >= 4 is 28.6 Å². The molecular formula is C13H14N2O3S2. The molecule has 20 heavy (non-hydrogen) atoms. The third-order valence-electron chi connectivity index (χ3n) is 3.26. The maximum atomic E-state index is 12.1. The Morgan fingerprint density at radius 2 is 2.10 bits per heavy atom. The van der Waals surface area contributed by atoms with Crippen molar-refractivity contribution in [2.75, 3.05) is 13.1 Å². The zero-order chi connectivity index (χ0) is 14.1. The molecule has 2 aromatic rings. The first kappa shape index (κ1) is 13.7. The minimum absolute atomic E-state index is 0.109. The summed E-state index contributed by atoms with van der Waals surface area (Å²) in [6.45, 7) is 0.392. The Labute approximate surface area is 124 Å². The van der Waals surface area contributed by atoms with Crippen molar-refractivity contribution in [3.63, 3.8) is 0 Å². The minimum Gasteiger partial charge on any atom is -0.388 e. The number of carbonyl (C=O) groups is 1. The van der Waals surface area contributed by atoms with Gasteiger partial charge < -0.3 is 15.1 Å². The Morgan fingerprint density at radius 1 is 1.35 bits per heavy atom. The van der Waals surface area contributed by atoms with Crippen LogP contribution in [-0.4, -0.2) is 51.3 Å². The van der Waals surface area contributed by atoms with Crippen LogP contribution in [-0.2, 0) is 11.2 Å². The second-order valence-electron chi connectivity index (χ2n) is 4.77. The number of amides is 1. The van der Waals surface area contributed by atoms with Crippen LogP contribution in [0, 0.1) is 0 Å². The van der Waals surface area contributed by atoms with Gasteiger partial charge in [0.25, 0.3) is 0 Å². The van der Waals surface area contributed by atoms with Crippen LogP contribution in [0.25, 0.3) is 10.6 Å². The summed E-state index contributed by atoms with van der Waals surface area (Å²) in [5.41, 5.74) is 1.81. The lowest BCUT2D eigenvalue weighted by atomic mass is 10.3. The molecule has 0 aliphatic carbocycles. The second kappa shape index (κ2) is 5.61. The van der Waals surface area contributed by atoms with Crippen LogP contribution in [0.1, 0.15) is 5.69 Å². The largest absolute Gasteiger partial charge is 0.388 e. The fourth-order valence-corrected chi connectivity index (χ4v) is 3.68. The Balaban J connectivity index is 1.65. The van der Waals surface area contributed by atoms with Gasteiger partial charge in [-0.1, -0.05) is 0 Å². The molecule has 106 valence electrons. The molecule has 2 atom stereocenters. The third-order valence-corrected chi connectivity index (χ3v) is 4.89. The zero-order valence-corrected chi connectivity index (χ0v) is 12.2. The zero-order valence-electron chi connectivity index (χ0n) is 10.6. The molecule has 0 bridgehead atoms. The number of aromatic nitrogens is 1. The summed E-state index contributed by atoms with van der Waals surface area (Å²) in [4.78, 5) is 18.0. The summed E-state index contributed by atoms with van der Waals surface area (Å²) in [7, 11) is 0. The highest BCUT2D eigenvalue weighted by atomic mass is 32.1. The van der Waals surface area contributed by atoms with Gasteiger partial charge in [0, 0.05) is 29.4 Å². The first-order valence-electron chi connectivity index (χ1n) is 6.24. The van der Waals surface area contributed by atoms with Crippen LogP contribution in [0.5, 0.6) is 0 Å². The molecule has 7 heteroatoms. The smallest absolute Gasteiger partial charge is 0.228 e. The normalized spacial score (nSPS) is 22.4. The Hall–Kier alpha value is -1.28. The second-order valence-corrected chi connectivity index (χ2v) is 6.40. The third kappa shape index (κ3) is 2.76. The van der Waals surface area contributed by atoms with Crippen LogP contribution in [0.2, 0.25) is 0 Å². The molecule has 3 rings (SSSR count). The summed E-state index contributed by atoms with van der Waals surface area (Å²) in [6, 6.07) is 2.00. The number of rotatable bonds is 3. The van der Waals surface area contributed by atoms with Crippen molar-refractivity contribution in [3.05, 3.63) is 27.9 Å². The minimum atomic E-state index is -0.837. The van der Waals surface area contributed by atoms with E-state index in [0.717, 1.165) is 16.3 Å². The summed E-state index contributed by atoms with van der Waals surface area (Å²) in [5.74, 6) is -0.109. The predicted molar refractivity (Wildman–Crippen MR) is 77.7 cm³/mol. The fraction of sp³-hybridized carbons (Fsp3) is 0.385. The highest BCUT2D eigenvalue weighted by Gasteiger charge is 2.32. The van der Waals surface area contributed by atoms with Gasteiger partial charge in [-0.15, -0.1) is 11.3 Å². The lowest BCUT2D eigenvalue weighted by molar-refractivity contribution is -0.130. The summed E-state index contributed by atoms with van der Waals surface area (Å²) < 4.78 is 0. The van der Waals surface area contributed by atoms with Gasteiger partial charge in [-0.25, -0.2) is 4.98 Å². The number of carbonyl (C=O) groups excluding carboxylic acids is 1. The van der Waals surface area contributed by atoms with Crippen LogP contribution >= 0.6 is 22.7 Å². The number of likely N-dealkylation sites (tertiary alicyclic amines) is 1. The predicted octanol–water partition coefficient (Wildman–Crippen LogP) is 0.978. The molecule has 0 spiro atoms. The van der Waals surface area contributed by atoms with Gasteiger partial charge in [0.05, 0.1) is 24.3 Å². The average molecular weight is 310 g/mol. The number of thiophene rings is 1. The number of nitrogens with zero attached hydrogens (tertiary/aromatic N) is 2. The van der Waals surface area contributed by atoms with E-state index in [2.05, 4.69) is 4.98 Å². The molecule has 2 N–H and O–H groups in total. The molecule has 3 heterocycles. The number of hydrogen-bond donors (Lipinski definition) is 2. The maximum Gasteiger partial charge on any atom is 0.228 e. The van der Waals surface area contributed by atoms with Crippen LogP contribution in [0.4, 0.5) is 0 Å². The van der Waals surface area contributed by atoms with E-state index in [4.69, 9.17) is 0 Å². The molecule has 2 aromatic heterocycles. The van der Waals surface area contributed by atoms with Crippen LogP contribution in [0.15, 0.2) is 22.2 Å². The fourth-order valence-electron chi connectivity index (χ4n) is 2.15. The average Bonchev–Trinajstić information content (AvgIpc) is 3.11. The van der Waals surface area contributed by atoms with Gasteiger partial charge in [-0.2, -0.15) is 11.3 Å². The topological polar surface area (TPSA) is 73.7 Å². The summed E-state index contributed by atoms with van der Waals surface area (Å²) in [6.07, 6.45) is -1.47. The van der Waals surface area contributed by atoms with E-state index in [-0.39, 0.29) is 25.4 Å². The molecule has 0 aromatic carbocycles. The number of hydrogen-bond acceptors (Lipinski definition) is 6. The molecule has 1 saturated heterocycles. The van der Waals surface area contributed by atoms with Crippen molar-refractivity contribution < 1.29 is 15.0 Å². The van der Waals surface area contributed by atoms with E-state index < -0.39 is 12.2 Å². The monoisotopic (exact) mass is 310 g/mol. The van der Waals surface area contributed by atoms with Gasteiger partial charge in [0.15, 0.2) is 0 Å². The standard InChI is InChI=1S/C13H14N2O3S2/c16-10-4-15(5-11(10)17)12(18)3-9-7-20-13(14-9)8-1-2-19-6-8/h1-2,6-7,10-11,16-17H,3-5H2. The van der Waals surface area contributed by atoms with E-state index in [1.54, 1.807) is 11.3 Å². The molecule has 1 aliphatic rings. The lowest BCUT2D eigenvalue weighted by Crippen LogP contribution is -2.31. The van der Waals surface area contributed by atoms with Crippen molar-refractivity contribution in [2.45, 2.75) is 18.6 Å². The van der Waals surface area contributed by atoms with Crippen molar-refractivity contribution in [3.8, 4) is 10.6 Å². The Bertz CT molecular complexity index is 587. The molecule has 2 unspecified atom stereocenters. The van der Waals surface area contributed by atoms with Gasteiger partial charge in [0.2, 0.25) is 5.91 Å². The Kier molecular flexibility index (Phi) is 3.84. The highest BCUT2D eigenvalue weighted by Crippen LogP contribution is 2.26. The van der Waals surface area contributed by atoms with E-state index in [9.17, 15) is 15.0 Å². The molecule has 1 amide bonds. The number of thiazole rings is 1. The van der Waals surface area contributed by atoms with Crippen molar-refractivity contribution in [2.24, 2.45) is 0 Å². The van der Waals surface area contributed by atoms with E-state index in [1.165, 1.54) is 16.2 Å². The van der Waals surface area contributed by atoms with Gasteiger partial charge in [0.1, 0.15) is 5.01 Å². The molecule has 5 nitrogen and oxygen atoms in total. The Morgan fingerprint density at radius 3 is 2.75 bits per heavy atom. The molecule has 1 aliphatic heterocycles. The first-order valence-corrected chi connectivity index (χ1v) is 8.06. The van der Waals surface area contributed by atoms with E-state index in [1.807, 2.05) is 22.2 Å². The highest BCUT2D eigenvalue weighted by molar-refractivity contribution is 7.14.